The quantitative estimate of drug-likeness (QED) is 0.875. The Bertz CT molecular complexity index is 475. The summed E-state index contributed by atoms with van der Waals surface area (Å²) in [5.74, 6) is 0. The van der Waals surface area contributed by atoms with Crippen LogP contribution in [0, 0.1) is 0 Å². The van der Waals surface area contributed by atoms with Crippen molar-refractivity contribution >= 4 is 6.03 Å². The van der Waals surface area contributed by atoms with Gasteiger partial charge in [-0.15, -0.1) is 0 Å². The maximum Gasteiger partial charge on any atom is 0.317 e. The molecule has 2 N–H and O–H groups in total. The lowest BCUT2D eigenvalue weighted by molar-refractivity contribution is 0.0527. The van der Waals surface area contributed by atoms with Gasteiger partial charge in [0.15, 0.2) is 0 Å². The van der Waals surface area contributed by atoms with E-state index in [0.717, 1.165) is 12.8 Å². The van der Waals surface area contributed by atoms with E-state index in [1.165, 1.54) is 16.9 Å². The summed E-state index contributed by atoms with van der Waals surface area (Å²) in [5.41, 5.74) is 0.522. The van der Waals surface area contributed by atoms with Crippen molar-refractivity contribution in [1.82, 2.24) is 10.2 Å². The molecular weight excluding hydrogens is 264 g/mol. The van der Waals surface area contributed by atoms with Gasteiger partial charge in [0.05, 0.1) is 12.1 Å². The number of carbonyl (C=O) groups is 1. The number of hydrogen-bond acceptors (Lipinski definition) is 2. The highest BCUT2D eigenvalue weighted by Crippen LogP contribution is 2.43. The van der Waals surface area contributed by atoms with Gasteiger partial charge in [-0.25, -0.2) is 4.79 Å². The summed E-state index contributed by atoms with van der Waals surface area (Å²) in [6, 6.07) is 10.3. The third-order valence-corrected chi connectivity index (χ3v) is 4.25. The summed E-state index contributed by atoms with van der Waals surface area (Å²) in [6.45, 7) is 4.38. The van der Waals surface area contributed by atoms with E-state index in [1.807, 2.05) is 6.07 Å². The zero-order valence-corrected chi connectivity index (χ0v) is 13.2. The summed E-state index contributed by atoms with van der Waals surface area (Å²) in [6.07, 6.45) is 3.45. The molecule has 0 aliphatic heterocycles. The summed E-state index contributed by atoms with van der Waals surface area (Å²) in [5, 5.41) is 12.8. The van der Waals surface area contributed by atoms with Crippen LogP contribution in [0.2, 0.25) is 0 Å². The van der Waals surface area contributed by atoms with Crippen molar-refractivity contribution in [2.45, 2.75) is 44.1 Å². The fourth-order valence-electron chi connectivity index (χ4n) is 2.99. The van der Waals surface area contributed by atoms with Crippen LogP contribution in [0.3, 0.4) is 0 Å². The molecule has 1 aliphatic rings. The van der Waals surface area contributed by atoms with Gasteiger partial charge in [-0.3, -0.25) is 0 Å². The van der Waals surface area contributed by atoms with Crippen molar-refractivity contribution in [3.8, 4) is 0 Å². The van der Waals surface area contributed by atoms with Gasteiger partial charge in [0.1, 0.15) is 0 Å². The fraction of sp³-hybridized carbons (Fsp3) is 0.588. The van der Waals surface area contributed by atoms with Crippen molar-refractivity contribution in [2.75, 3.05) is 20.1 Å². The summed E-state index contributed by atoms with van der Waals surface area (Å²) >= 11 is 0. The molecule has 4 nitrogen and oxygen atoms in total. The molecular formula is C17H26N2O2. The van der Waals surface area contributed by atoms with Gasteiger partial charge >= 0.3 is 6.03 Å². The molecule has 4 heteroatoms. The van der Waals surface area contributed by atoms with Crippen molar-refractivity contribution < 1.29 is 9.90 Å². The molecule has 1 aromatic rings. The molecule has 0 radical (unpaired) electrons. The van der Waals surface area contributed by atoms with Gasteiger partial charge in [0.25, 0.3) is 0 Å². The standard InChI is InChI=1S/C17H26N2O2/c1-16(2,21)13-19(3)15(20)18-12-17(10-7-11-17)14-8-5-4-6-9-14/h4-6,8-9,21H,7,10-13H2,1-3H3,(H,18,20). The maximum atomic E-state index is 12.1. The number of aliphatic hydroxyl groups is 1. The van der Waals surface area contributed by atoms with E-state index in [4.69, 9.17) is 0 Å². The third-order valence-electron chi connectivity index (χ3n) is 4.25. The molecule has 0 heterocycles. The molecule has 21 heavy (non-hydrogen) atoms. The van der Waals surface area contributed by atoms with Gasteiger partial charge < -0.3 is 15.3 Å². The first-order valence-corrected chi connectivity index (χ1v) is 7.59. The molecule has 1 fully saturated rings. The number of amides is 2. The lowest BCUT2D eigenvalue weighted by Gasteiger charge is -2.43. The van der Waals surface area contributed by atoms with E-state index in [-0.39, 0.29) is 11.4 Å². The maximum absolute atomic E-state index is 12.1. The fourth-order valence-corrected chi connectivity index (χ4v) is 2.99. The number of likely N-dealkylation sites (N-methyl/N-ethyl adjacent to an activating group) is 1. The average Bonchev–Trinajstić information content (AvgIpc) is 2.36. The van der Waals surface area contributed by atoms with Crippen LogP contribution in [0.4, 0.5) is 4.79 Å². The number of urea groups is 1. The average molecular weight is 290 g/mol. The molecule has 1 aliphatic carbocycles. The van der Waals surface area contributed by atoms with Gasteiger partial charge in [-0.05, 0) is 32.3 Å². The summed E-state index contributed by atoms with van der Waals surface area (Å²) in [4.78, 5) is 13.7. The van der Waals surface area contributed by atoms with Crippen LogP contribution >= 0.6 is 0 Å². The predicted octanol–water partition coefficient (Wildman–Crippen LogP) is 2.52. The SMILES string of the molecule is CN(CC(C)(C)O)C(=O)NCC1(c2ccccc2)CCC1. The topological polar surface area (TPSA) is 52.6 Å². The number of rotatable bonds is 5. The summed E-state index contributed by atoms with van der Waals surface area (Å²) < 4.78 is 0. The van der Waals surface area contributed by atoms with E-state index >= 15 is 0 Å². The molecule has 0 bridgehead atoms. The second-order valence-electron chi connectivity index (χ2n) is 6.83. The number of nitrogens with one attached hydrogen (secondary N) is 1. The Morgan fingerprint density at radius 3 is 2.43 bits per heavy atom. The molecule has 116 valence electrons. The van der Waals surface area contributed by atoms with E-state index in [0.29, 0.717) is 13.1 Å². The van der Waals surface area contributed by atoms with E-state index < -0.39 is 5.60 Å². The zero-order valence-electron chi connectivity index (χ0n) is 13.2. The lowest BCUT2D eigenvalue weighted by atomic mass is 9.64. The van der Waals surface area contributed by atoms with Crippen molar-refractivity contribution in [3.63, 3.8) is 0 Å². The minimum atomic E-state index is -0.875. The minimum Gasteiger partial charge on any atom is -0.389 e. The second kappa shape index (κ2) is 6.06. The van der Waals surface area contributed by atoms with Crippen molar-refractivity contribution in [2.24, 2.45) is 0 Å². The predicted molar refractivity (Wildman–Crippen MR) is 84.3 cm³/mol. The first-order chi connectivity index (χ1) is 9.82. The first kappa shape index (κ1) is 15.8. The largest absolute Gasteiger partial charge is 0.389 e. The number of carbonyl (C=O) groups excluding carboxylic acids is 1. The number of benzene rings is 1. The van der Waals surface area contributed by atoms with Gasteiger partial charge in [-0.1, -0.05) is 36.8 Å². The Morgan fingerprint density at radius 2 is 1.95 bits per heavy atom. The van der Waals surface area contributed by atoms with Crippen molar-refractivity contribution in [1.29, 1.82) is 0 Å². The van der Waals surface area contributed by atoms with Crippen molar-refractivity contribution in [3.05, 3.63) is 35.9 Å². The summed E-state index contributed by atoms with van der Waals surface area (Å²) in [7, 11) is 1.71. The Balaban J connectivity index is 1.94. The first-order valence-electron chi connectivity index (χ1n) is 7.59. The zero-order chi connectivity index (χ0) is 15.5. The molecule has 0 unspecified atom stereocenters. The van der Waals surface area contributed by atoms with Gasteiger partial charge in [-0.2, -0.15) is 0 Å². The molecule has 0 spiro atoms. The minimum absolute atomic E-state index is 0.0898. The van der Waals surface area contributed by atoms with Crippen LogP contribution in [0.25, 0.3) is 0 Å². The highest BCUT2D eigenvalue weighted by Gasteiger charge is 2.38. The lowest BCUT2D eigenvalue weighted by Crippen LogP contribution is -2.50. The van der Waals surface area contributed by atoms with Gasteiger partial charge in [0, 0.05) is 19.0 Å². The molecule has 1 saturated carbocycles. The molecule has 0 saturated heterocycles. The molecule has 1 aromatic carbocycles. The molecule has 0 atom stereocenters. The van der Waals surface area contributed by atoms with Crippen LogP contribution in [0.15, 0.2) is 30.3 Å². The Kier molecular flexibility index (Phi) is 4.57. The Morgan fingerprint density at radius 1 is 1.33 bits per heavy atom. The number of hydrogen-bond donors (Lipinski definition) is 2. The highest BCUT2D eigenvalue weighted by atomic mass is 16.3. The highest BCUT2D eigenvalue weighted by molar-refractivity contribution is 5.74. The number of nitrogens with zero attached hydrogens (tertiary/aromatic N) is 1. The van der Waals surface area contributed by atoms with E-state index in [1.54, 1.807) is 20.9 Å². The monoisotopic (exact) mass is 290 g/mol. The van der Waals surface area contributed by atoms with E-state index in [2.05, 4.69) is 29.6 Å². The molecule has 0 aromatic heterocycles. The molecule has 2 amide bonds. The smallest absolute Gasteiger partial charge is 0.317 e. The normalized spacial score (nSPS) is 17.0. The Hall–Kier alpha value is -1.55. The van der Waals surface area contributed by atoms with Crippen LogP contribution in [-0.4, -0.2) is 41.8 Å². The molecule has 2 rings (SSSR count). The van der Waals surface area contributed by atoms with E-state index in [9.17, 15) is 9.90 Å². The van der Waals surface area contributed by atoms with Crippen LogP contribution < -0.4 is 5.32 Å². The van der Waals surface area contributed by atoms with Crippen LogP contribution in [-0.2, 0) is 5.41 Å². The van der Waals surface area contributed by atoms with Crippen LogP contribution in [0.1, 0.15) is 38.7 Å². The Labute approximate surface area is 127 Å². The van der Waals surface area contributed by atoms with Gasteiger partial charge in [0.2, 0.25) is 0 Å². The van der Waals surface area contributed by atoms with Crippen LogP contribution in [0.5, 0.6) is 0 Å². The second-order valence-corrected chi connectivity index (χ2v) is 6.83. The third kappa shape index (κ3) is 3.97.